The highest BCUT2D eigenvalue weighted by atomic mass is 32.2. The number of amides is 1. The summed E-state index contributed by atoms with van der Waals surface area (Å²) >= 11 is 0. The van der Waals surface area contributed by atoms with Crippen molar-refractivity contribution in [3.63, 3.8) is 0 Å². The number of hydrogen-bond acceptors (Lipinski definition) is 6. The van der Waals surface area contributed by atoms with Crippen LogP contribution in [0.4, 0.5) is 26.3 Å². The zero-order chi connectivity index (χ0) is 35.4. The van der Waals surface area contributed by atoms with Crippen molar-refractivity contribution in [3.05, 3.63) is 52.4 Å². The first kappa shape index (κ1) is 40.0. The molecule has 1 atom stereocenters. The van der Waals surface area contributed by atoms with Gasteiger partial charge in [0.2, 0.25) is 11.7 Å². The number of hydrogen-bond donors (Lipinski definition) is 3. The molecule has 47 heavy (non-hydrogen) atoms. The number of nitrogens with two attached hydrogens (primary N) is 1. The van der Waals surface area contributed by atoms with Gasteiger partial charge in [-0.15, -0.1) is 0 Å². The molecule has 1 aromatic heterocycles. The number of carbonyl (C=O) groups is 2. The number of nitrogens with zero attached hydrogens (tertiary/aromatic N) is 3. The van der Waals surface area contributed by atoms with Gasteiger partial charge in [0.1, 0.15) is 5.82 Å². The molecule has 266 valence electrons. The van der Waals surface area contributed by atoms with E-state index in [-0.39, 0.29) is 42.9 Å². The van der Waals surface area contributed by atoms with Crippen LogP contribution in [-0.2, 0) is 40.6 Å². The zero-order valence-electron chi connectivity index (χ0n) is 26.2. The van der Waals surface area contributed by atoms with E-state index < -0.39 is 69.7 Å². The second-order valence-electron chi connectivity index (χ2n) is 11.5. The standard InChI is InChI=1S/C18H16F6N4O3.C12H26O3S/c19-10-6-12(21)11(20)4-8(10)3-9(25)5-14(29)27-1-2-28-13(7-27)15(16(30)31)26-17(28)18(22,23)24;1-2-3-4-5-6-7-8-9-10-11-12-16(13,14)15/h4,6,9H,1-3,5,7,25H2,(H,30,31);2-12H2,1H3,(H,13,14,15)/t9-;/m1./s1. The maximum atomic E-state index is 13.8. The van der Waals surface area contributed by atoms with Gasteiger partial charge in [-0.05, 0) is 24.5 Å². The number of halogens is 6. The summed E-state index contributed by atoms with van der Waals surface area (Å²) in [4.78, 5) is 28.1. The van der Waals surface area contributed by atoms with E-state index >= 15 is 0 Å². The highest BCUT2D eigenvalue weighted by Gasteiger charge is 2.41. The van der Waals surface area contributed by atoms with Crippen molar-refractivity contribution >= 4 is 22.0 Å². The maximum absolute atomic E-state index is 13.8. The summed E-state index contributed by atoms with van der Waals surface area (Å²) in [5, 5.41) is 9.16. The molecule has 2 heterocycles. The Kier molecular flexibility index (Phi) is 15.6. The molecule has 1 aliphatic rings. The van der Waals surface area contributed by atoms with E-state index in [1.54, 1.807) is 0 Å². The Hall–Kier alpha value is -3.18. The summed E-state index contributed by atoms with van der Waals surface area (Å²) in [7, 11) is -3.73. The SMILES string of the molecule is CCCCCCCCCCCCS(=O)(=O)O.N[C@@H](CC(=O)N1CCn2c(C(F)(F)F)nc(C(=O)O)c2C1)Cc1cc(F)c(F)cc1F. The lowest BCUT2D eigenvalue weighted by Gasteiger charge is -2.30. The number of alkyl halides is 3. The summed E-state index contributed by atoms with van der Waals surface area (Å²) in [6.45, 7) is 1.30. The summed E-state index contributed by atoms with van der Waals surface area (Å²) < 4.78 is 109. The van der Waals surface area contributed by atoms with Gasteiger partial charge in [0, 0.05) is 31.6 Å². The highest BCUT2D eigenvalue weighted by Crippen LogP contribution is 2.32. The molecule has 0 saturated carbocycles. The van der Waals surface area contributed by atoms with E-state index in [2.05, 4.69) is 11.9 Å². The fourth-order valence-electron chi connectivity index (χ4n) is 5.17. The van der Waals surface area contributed by atoms with E-state index in [0.29, 0.717) is 23.1 Å². The summed E-state index contributed by atoms with van der Waals surface area (Å²) in [6, 6.07) is -0.00786. The van der Waals surface area contributed by atoms with Gasteiger partial charge in [0.05, 0.1) is 18.0 Å². The summed E-state index contributed by atoms with van der Waals surface area (Å²) in [5.41, 5.74) is 4.49. The summed E-state index contributed by atoms with van der Waals surface area (Å²) in [5.74, 6) is -7.41. The number of carboxylic acids is 1. The zero-order valence-corrected chi connectivity index (χ0v) is 27.0. The molecule has 0 bridgehead atoms. The van der Waals surface area contributed by atoms with Gasteiger partial charge < -0.3 is 20.3 Å². The number of fused-ring (bicyclic) bond motifs is 1. The van der Waals surface area contributed by atoms with Crippen LogP contribution in [0.1, 0.15) is 105 Å². The minimum absolute atomic E-state index is 0.0799. The van der Waals surface area contributed by atoms with Gasteiger partial charge in [-0.2, -0.15) is 21.6 Å². The van der Waals surface area contributed by atoms with E-state index in [4.69, 9.17) is 15.4 Å². The van der Waals surface area contributed by atoms with Crippen LogP contribution in [0.2, 0.25) is 0 Å². The predicted molar refractivity (Wildman–Crippen MR) is 160 cm³/mol. The lowest BCUT2D eigenvalue weighted by molar-refractivity contribution is -0.148. The third kappa shape index (κ3) is 13.5. The molecule has 1 aromatic carbocycles. The number of carboxylic acid groups (broad SMARTS) is 1. The molecule has 2 aromatic rings. The Balaban J connectivity index is 0.000000407. The first-order valence-electron chi connectivity index (χ1n) is 15.5. The molecule has 1 aliphatic heterocycles. The minimum Gasteiger partial charge on any atom is -0.476 e. The molecule has 1 amide bonds. The van der Waals surface area contributed by atoms with Crippen LogP contribution in [0.3, 0.4) is 0 Å². The number of unbranched alkanes of at least 4 members (excludes halogenated alkanes) is 9. The Morgan fingerprint density at radius 2 is 1.49 bits per heavy atom. The predicted octanol–water partition coefficient (Wildman–Crippen LogP) is 6.11. The molecular formula is C30H42F6N4O6S. The summed E-state index contributed by atoms with van der Waals surface area (Å²) in [6.07, 6.45) is 6.12. The Bertz CT molecular complexity index is 1450. The van der Waals surface area contributed by atoms with Crippen LogP contribution in [0.5, 0.6) is 0 Å². The Morgan fingerprint density at radius 1 is 0.936 bits per heavy atom. The fraction of sp³-hybridized carbons (Fsp3) is 0.633. The fourth-order valence-corrected chi connectivity index (χ4v) is 5.74. The van der Waals surface area contributed by atoms with Crippen LogP contribution in [0.15, 0.2) is 12.1 Å². The number of rotatable bonds is 16. The van der Waals surface area contributed by atoms with Crippen LogP contribution in [0.25, 0.3) is 0 Å². The second kappa shape index (κ2) is 18.4. The molecule has 0 fully saturated rings. The third-order valence-corrected chi connectivity index (χ3v) is 8.38. The number of imidazole rings is 1. The molecule has 3 rings (SSSR count). The molecule has 10 nitrogen and oxygen atoms in total. The van der Waals surface area contributed by atoms with Crippen molar-refractivity contribution in [2.24, 2.45) is 5.73 Å². The van der Waals surface area contributed by atoms with E-state index in [9.17, 15) is 44.3 Å². The minimum atomic E-state index is -4.87. The van der Waals surface area contributed by atoms with Gasteiger partial charge in [-0.25, -0.2) is 22.9 Å². The number of aromatic carboxylic acids is 1. The van der Waals surface area contributed by atoms with Crippen molar-refractivity contribution in [2.75, 3.05) is 12.3 Å². The molecule has 0 spiro atoms. The molecule has 0 aliphatic carbocycles. The topological polar surface area (TPSA) is 156 Å². The molecule has 0 unspecified atom stereocenters. The van der Waals surface area contributed by atoms with Gasteiger partial charge in [-0.1, -0.05) is 64.7 Å². The molecule has 17 heteroatoms. The van der Waals surface area contributed by atoms with Crippen LogP contribution >= 0.6 is 0 Å². The monoisotopic (exact) mass is 700 g/mol. The van der Waals surface area contributed by atoms with Crippen LogP contribution in [-0.4, -0.2) is 62.7 Å². The lowest BCUT2D eigenvalue weighted by atomic mass is 10.0. The van der Waals surface area contributed by atoms with E-state index in [0.717, 1.165) is 17.7 Å². The number of aromatic nitrogens is 2. The Labute approximate surface area is 270 Å². The van der Waals surface area contributed by atoms with Crippen LogP contribution < -0.4 is 5.73 Å². The van der Waals surface area contributed by atoms with Crippen LogP contribution in [0, 0.1) is 17.5 Å². The number of benzene rings is 1. The van der Waals surface area contributed by atoms with Gasteiger partial charge >= 0.3 is 12.1 Å². The molecule has 0 saturated heterocycles. The van der Waals surface area contributed by atoms with Crippen molar-refractivity contribution in [2.45, 2.75) is 109 Å². The molecule has 0 radical (unpaired) electrons. The van der Waals surface area contributed by atoms with Gasteiger partial charge in [0.15, 0.2) is 17.3 Å². The molecular weight excluding hydrogens is 658 g/mol. The first-order chi connectivity index (χ1) is 21.9. The van der Waals surface area contributed by atoms with Crippen molar-refractivity contribution < 1.29 is 54.0 Å². The largest absolute Gasteiger partial charge is 0.476 e. The lowest BCUT2D eigenvalue weighted by Crippen LogP contribution is -2.42. The van der Waals surface area contributed by atoms with E-state index in [1.165, 1.54) is 44.9 Å². The average molecular weight is 701 g/mol. The van der Waals surface area contributed by atoms with Gasteiger partial charge in [0.25, 0.3) is 10.1 Å². The highest BCUT2D eigenvalue weighted by molar-refractivity contribution is 7.85. The quantitative estimate of drug-likeness (QED) is 0.0820. The van der Waals surface area contributed by atoms with E-state index in [1.807, 2.05) is 0 Å². The van der Waals surface area contributed by atoms with Gasteiger partial charge in [-0.3, -0.25) is 9.35 Å². The molecule has 4 N–H and O–H groups in total. The smallest absolute Gasteiger partial charge is 0.449 e. The van der Waals surface area contributed by atoms with Crippen molar-refractivity contribution in [1.29, 1.82) is 0 Å². The third-order valence-electron chi connectivity index (χ3n) is 7.58. The van der Waals surface area contributed by atoms with Crippen molar-refractivity contribution in [3.8, 4) is 0 Å². The Morgan fingerprint density at radius 3 is 2.02 bits per heavy atom. The normalized spacial score (nSPS) is 13.9. The first-order valence-corrected chi connectivity index (χ1v) is 17.1. The maximum Gasteiger partial charge on any atom is 0.449 e. The number of carbonyl (C=O) groups excluding carboxylic acids is 1. The second-order valence-corrected chi connectivity index (χ2v) is 13.1. The average Bonchev–Trinajstić information content (AvgIpc) is 3.37. The van der Waals surface area contributed by atoms with Crippen molar-refractivity contribution in [1.82, 2.24) is 14.5 Å².